The summed E-state index contributed by atoms with van der Waals surface area (Å²) in [7, 11) is 0. The Hall–Kier alpha value is -1.26. The Morgan fingerprint density at radius 1 is 1.11 bits per heavy atom. The molecule has 0 bridgehead atoms. The van der Waals surface area contributed by atoms with Gasteiger partial charge in [0, 0.05) is 6.07 Å². The van der Waals surface area contributed by atoms with Crippen LogP contribution in [0.25, 0.3) is 0 Å². The molecule has 102 valence electrons. The van der Waals surface area contributed by atoms with Crippen molar-refractivity contribution < 1.29 is 20.5 Å². The summed E-state index contributed by atoms with van der Waals surface area (Å²) in [6.45, 7) is 6.73. The quantitative estimate of drug-likeness (QED) is 0.580. The molecule has 0 aliphatic heterocycles. The van der Waals surface area contributed by atoms with Crippen LogP contribution in [0.2, 0.25) is 0 Å². The molecule has 5 N–H and O–H groups in total. The molecule has 18 heavy (non-hydrogen) atoms. The molecule has 0 fully saturated rings. The maximum absolute atomic E-state index is 5.69. The molecule has 0 atom stereocenters. The Labute approximate surface area is 109 Å². The average Bonchev–Trinajstić information content (AvgIpc) is 2.39. The van der Waals surface area contributed by atoms with Crippen molar-refractivity contribution in [3.63, 3.8) is 0 Å². The van der Waals surface area contributed by atoms with Crippen LogP contribution in [0, 0.1) is 0 Å². The highest BCUT2D eigenvalue weighted by Gasteiger charge is 1.98. The molecule has 1 aromatic rings. The Morgan fingerprint density at radius 3 is 2.61 bits per heavy atom. The lowest BCUT2D eigenvalue weighted by atomic mass is 10.3. The zero-order valence-electron chi connectivity index (χ0n) is 11.4. The van der Waals surface area contributed by atoms with Gasteiger partial charge in [0.15, 0.2) is 0 Å². The van der Waals surface area contributed by atoms with Crippen LogP contribution in [-0.2, 0) is 0 Å². The summed E-state index contributed by atoms with van der Waals surface area (Å²) in [5.41, 5.74) is 3.81. The molecule has 1 aromatic carbocycles. The van der Waals surface area contributed by atoms with Crippen LogP contribution in [0.3, 0.4) is 0 Å². The summed E-state index contributed by atoms with van der Waals surface area (Å²) in [6.07, 6.45) is 2.28. The van der Waals surface area contributed by atoms with Gasteiger partial charge in [-0.25, -0.2) is 0 Å². The first-order valence-electron chi connectivity index (χ1n) is 6.83. The van der Waals surface area contributed by atoms with E-state index in [0.29, 0.717) is 6.61 Å². The molecular weight excluding hydrogens is 228 g/mol. The van der Waals surface area contributed by atoms with Crippen molar-refractivity contribution in [1.29, 1.82) is 0 Å². The van der Waals surface area contributed by atoms with Crippen LogP contribution >= 0.6 is 0 Å². The number of hydrogen-bond donors (Lipinski definition) is 2. The van der Waals surface area contributed by atoms with E-state index < -0.39 is 0 Å². The smallest absolute Gasteiger partial charge is 0.125 e. The van der Waals surface area contributed by atoms with E-state index in [2.05, 4.69) is 11.1 Å². The largest absolute Gasteiger partial charge is 0.494 e. The Kier molecular flexibility index (Phi) is 8.01. The standard InChI is InChI=1S/C14H24N2O2/c1-2-17-13-6-5-7-14(12-13)18-11-4-3-9-16-10-8-15/h5-7,12,16H,2-4,8-11,15H2,1H3/p+2. The number of nitrogens with two attached hydrogens (primary N) is 1. The molecule has 4 nitrogen and oxygen atoms in total. The molecule has 0 saturated carbocycles. The predicted molar refractivity (Wildman–Crippen MR) is 71.8 cm³/mol. The van der Waals surface area contributed by atoms with E-state index in [0.717, 1.165) is 44.2 Å². The summed E-state index contributed by atoms with van der Waals surface area (Å²) >= 11 is 0. The molecule has 0 amide bonds. The van der Waals surface area contributed by atoms with E-state index in [1.807, 2.05) is 31.2 Å². The van der Waals surface area contributed by atoms with Crippen LogP contribution in [0.1, 0.15) is 19.8 Å². The lowest BCUT2D eigenvalue weighted by Crippen LogP contribution is -2.88. The third kappa shape index (κ3) is 6.47. The third-order valence-corrected chi connectivity index (χ3v) is 2.60. The van der Waals surface area contributed by atoms with Gasteiger partial charge in [-0.3, -0.25) is 0 Å². The van der Waals surface area contributed by atoms with Gasteiger partial charge in [0.05, 0.1) is 19.8 Å². The predicted octanol–water partition coefficient (Wildman–Crippen LogP) is 0.0496. The van der Waals surface area contributed by atoms with Crippen molar-refractivity contribution >= 4 is 0 Å². The van der Waals surface area contributed by atoms with E-state index in [1.165, 1.54) is 6.42 Å². The zero-order valence-corrected chi connectivity index (χ0v) is 11.4. The van der Waals surface area contributed by atoms with Crippen LogP contribution in [0.5, 0.6) is 11.5 Å². The van der Waals surface area contributed by atoms with Crippen LogP contribution < -0.4 is 20.5 Å². The maximum Gasteiger partial charge on any atom is 0.125 e. The van der Waals surface area contributed by atoms with Crippen LogP contribution in [-0.4, -0.2) is 32.8 Å². The van der Waals surface area contributed by atoms with Crippen molar-refractivity contribution in [1.82, 2.24) is 0 Å². The number of hydrogen-bond acceptors (Lipinski definition) is 2. The number of benzene rings is 1. The summed E-state index contributed by atoms with van der Waals surface area (Å²) in [5, 5.41) is 2.31. The summed E-state index contributed by atoms with van der Waals surface area (Å²) in [5.74, 6) is 1.77. The van der Waals surface area contributed by atoms with E-state index in [-0.39, 0.29) is 0 Å². The minimum Gasteiger partial charge on any atom is -0.494 e. The fourth-order valence-corrected chi connectivity index (χ4v) is 1.69. The molecule has 0 heterocycles. The Morgan fingerprint density at radius 2 is 1.89 bits per heavy atom. The van der Waals surface area contributed by atoms with Gasteiger partial charge in [-0.05, 0) is 31.9 Å². The van der Waals surface area contributed by atoms with Gasteiger partial charge in [0.2, 0.25) is 0 Å². The van der Waals surface area contributed by atoms with E-state index >= 15 is 0 Å². The molecule has 0 saturated heterocycles. The van der Waals surface area contributed by atoms with Crippen molar-refractivity contribution in [2.75, 3.05) is 32.8 Å². The van der Waals surface area contributed by atoms with Crippen LogP contribution in [0.15, 0.2) is 24.3 Å². The highest BCUT2D eigenvalue weighted by Crippen LogP contribution is 2.19. The fraction of sp³-hybridized carbons (Fsp3) is 0.571. The SMILES string of the molecule is CCOc1cccc(OCCCC[NH2+]CC[NH3+])c1. The number of unbranched alkanes of at least 4 members (excludes halogenated alkanes) is 1. The van der Waals surface area contributed by atoms with Crippen LogP contribution in [0.4, 0.5) is 0 Å². The second-order valence-corrected chi connectivity index (χ2v) is 4.18. The molecule has 0 aliphatic carbocycles. The lowest BCUT2D eigenvalue weighted by Gasteiger charge is -2.08. The molecule has 0 unspecified atom stereocenters. The molecule has 0 spiro atoms. The molecule has 0 aliphatic rings. The molecular formula is C14H26N2O2+2. The first-order valence-corrected chi connectivity index (χ1v) is 6.83. The Balaban J connectivity index is 2.13. The highest BCUT2D eigenvalue weighted by molar-refractivity contribution is 5.32. The van der Waals surface area contributed by atoms with Gasteiger partial charge in [-0.15, -0.1) is 0 Å². The monoisotopic (exact) mass is 254 g/mol. The Bertz CT molecular complexity index is 318. The highest BCUT2D eigenvalue weighted by atomic mass is 16.5. The second kappa shape index (κ2) is 9.74. The van der Waals surface area contributed by atoms with Gasteiger partial charge >= 0.3 is 0 Å². The van der Waals surface area contributed by atoms with Gasteiger partial charge in [-0.2, -0.15) is 0 Å². The minimum absolute atomic E-state index is 0.686. The first-order chi connectivity index (χ1) is 8.86. The maximum atomic E-state index is 5.69. The fourth-order valence-electron chi connectivity index (χ4n) is 1.69. The molecule has 1 rings (SSSR count). The summed E-state index contributed by atoms with van der Waals surface area (Å²) < 4.78 is 11.1. The van der Waals surface area contributed by atoms with Crippen molar-refractivity contribution in [3.05, 3.63) is 24.3 Å². The van der Waals surface area contributed by atoms with Gasteiger partial charge in [0.25, 0.3) is 0 Å². The normalized spacial score (nSPS) is 10.3. The summed E-state index contributed by atoms with van der Waals surface area (Å²) in [4.78, 5) is 0. The lowest BCUT2D eigenvalue weighted by molar-refractivity contribution is -0.670. The van der Waals surface area contributed by atoms with Crippen molar-refractivity contribution in [2.24, 2.45) is 0 Å². The van der Waals surface area contributed by atoms with Crippen molar-refractivity contribution in [3.8, 4) is 11.5 Å². The average molecular weight is 254 g/mol. The third-order valence-electron chi connectivity index (χ3n) is 2.60. The van der Waals surface area contributed by atoms with Crippen molar-refractivity contribution in [2.45, 2.75) is 19.8 Å². The topological polar surface area (TPSA) is 62.7 Å². The van der Waals surface area contributed by atoms with Gasteiger partial charge in [-0.1, -0.05) is 6.07 Å². The van der Waals surface area contributed by atoms with E-state index in [4.69, 9.17) is 9.47 Å². The number of quaternary nitrogens is 2. The number of rotatable bonds is 10. The van der Waals surface area contributed by atoms with E-state index in [1.54, 1.807) is 0 Å². The molecule has 4 heteroatoms. The van der Waals surface area contributed by atoms with Gasteiger partial charge in [0.1, 0.15) is 24.6 Å². The van der Waals surface area contributed by atoms with Gasteiger partial charge < -0.3 is 20.5 Å². The summed E-state index contributed by atoms with van der Waals surface area (Å²) in [6, 6.07) is 7.82. The minimum atomic E-state index is 0.686. The second-order valence-electron chi connectivity index (χ2n) is 4.18. The first kappa shape index (κ1) is 14.8. The van der Waals surface area contributed by atoms with E-state index in [9.17, 15) is 0 Å². The zero-order chi connectivity index (χ0) is 13.1. The molecule has 0 aromatic heterocycles. The number of ether oxygens (including phenoxy) is 2. The molecule has 0 radical (unpaired) electrons.